The van der Waals surface area contributed by atoms with Crippen LogP contribution in [0.4, 0.5) is 5.69 Å². The lowest BCUT2D eigenvalue weighted by Crippen LogP contribution is -2.27. The maximum absolute atomic E-state index is 7.58. The van der Waals surface area contributed by atoms with Crippen molar-refractivity contribution < 1.29 is 0 Å². The standard InChI is InChI=1S/C25H27N5S/c1-27-21-10-17(8-9-18(21)13-26)24-20-12-23-19(25(20)29-28-24)11-22(31-23)16-6-4-15(5-7-16)14-30(2)3/h4-11,13,24,26-29H,12,14H2,1-3H3. The van der Waals surface area contributed by atoms with Gasteiger partial charge < -0.3 is 21.1 Å². The Balaban J connectivity index is 1.41. The van der Waals surface area contributed by atoms with Crippen LogP contribution in [0.3, 0.4) is 0 Å². The molecule has 4 N–H and O–H groups in total. The molecular weight excluding hydrogens is 402 g/mol. The third-order valence-corrected chi connectivity index (χ3v) is 7.20. The van der Waals surface area contributed by atoms with Gasteiger partial charge in [-0.3, -0.25) is 0 Å². The van der Waals surface area contributed by atoms with Gasteiger partial charge in [-0.25, -0.2) is 5.43 Å². The number of rotatable bonds is 6. The van der Waals surface area contributed by atoms with Gasteiger partial charge in [-0.15, -0.1) is 11.3 Å². The topological polar surface area (TPSA) is 63.2 Å². The van der Waals surface area contributed by atoms with Crippen molar-refractivity contribution in [3.63, 3.8) is 0 Å². The van der Waals surface area contributed by atoms with Crippen LogP contribution in [-0.4, -0.2) is 32.3 Å². The van der Waals surface area contributed by atoms with Crippen molar-refractivity contribution in [1.29, 1.82) is 5.41 Å². The highest BCUT2D eigenvalue weighted by Gasteiger charge is 2.35. The summed E-state index contributed by atoms with van der Waals surface area (Å²) in [6, 6.07) is 17.7. The third kappa shape index (κ3) is 3.57. The normalized spacial score (nSPS) is 17.0. The van der Waals surface area contributed by atoms with E-state index < -0.39 is 0 Å². The van der Waals surface area contributed by atoms with E-state index in [1.807, 2.05) is 24.5 Å². The second kappa shape index (κ2) is 7.96. The van der Waals surface area contributed by atoms with Gasteiger partial charge in [0, 0.05) is 52.8 Å². The fraction of sp³-hybridized carbons (Fsp3) is 0.240. The summed E-state index contributed by atoms with van der Waals surface area (Å²) in [4.78, 5) is 4.95. The highest BCUT2D eigenvalue weighted by atomic mass is 32.1. The molecule has 1 aliphatic carbocycles. The Kier molecular flexibility index (Phi) is 5.14. The van der Waals surface area contributed by atoms with E-state index in [9.17, 15) is 0 Å². The van der Waals surface area contributed by atoms with Gasteiger partial charge in [0.15, 0.2) is 0 Å². The van der Waals surface area contributed by atoms with Crippen molar-refractivity contribution in [2.75, 3.05) is 26.5 Å². The molecule has 1 aliphatic heterocycles. The molecule has 1 atom stereocenters. The second-order valence-electron chi connectivity index (χ2n) is 8.40. The van der Waals surface area contributed by atoms with Gasteiger partial charge in [0.05, 0.1) is 11.7 Å². The first kappa shape index (κ1) is 20.0. The van der Waals surface area contributed by atoms with Crippen molar-refractivity contribution in [2.45, 2.75) is 19.0 Å². The van der Waals surface area contributed by atoms with Gasteiger partial charge in [-0.05, 0) is 48.5 Å². The Morgan fingerprint density at radius 1 is 1.16 bits per heavy atom. The van der Waals surface area contributed by atoms with E-state index in [2.05, 4.69) is 77.6 Å². The van der Waals surface area contributed by atoms with Crippen LogP contribution in [0.1, 0.15) is 33.2 Å². The highest BCUT2D eigenvalue weighted by Crippen LogP contribution is 2.46. The summed E-state index contributed by atoms with van der Waals surface area (Å²) in [5.74, 6) is 0. The van der Waals surface area contributed by atoms with E-state index in [1.54, 1.807) is 0 Å². The maximum Gasteiger partial charge on any atom is 0.0747 e. The van der Waals surface area contributed by atoms with Crippen molar-refractivity contribution in [1.82, 2.24) is 15.8 Å². The molecule has 5 nitrogen and oxygen atoms in total. The van der Waals surface area contributed by atoms with Crippen molar-refractivity contribution in [3.05, 3.63) is 81.2 Å². The number of hydrazine groups is 1. The Bertz CT molecular complexity index is 1170. The molecule has 0 bridgehead atoms. The molecule has 1 unspecified atom stereocenters. The van der Waals surface area contributed by atoms with Gasteiger partial charge in [0.2, 0.25) is 0 Å². The van der Waals surface area contributed by atoms with E-state index in [4.69, 9.17) is 5.41 Å². The molecule has 158 valence electrons. The lowest BCUT2D eigenvalue weighted by molar-refractivity contribution is 0.402. The minimum absolute atomic E-state index is 0.148. The number of benzene rings is 2. The summed E-state index contributed by atoms with van der Waals surface area (Å²) in [7, 11) is 6.10. The Hall–Kier alpha value is -2.93. The molecule has 1 aromatic heterocycles. The van der Waals surface area contributed by atoms with E-state index in [0.29, 0.717) is 0 Å². The van der Waals surface area contributed by atoms with Crippen LogP contribution in [0.25, 0.3) is 16.1 Å². The Morgan fingerprint density at radius 3 is 2.68 bits per heavy atom. The predicted octanol–water partition coefficient (Wildman–Crippen LogP) is 4.63. The van der Waals surface area contributed by atoms with Crippen LogP contribution in [0, 0.1) is 5.41 Å². The van der Waals surface area contributed by atoms with E-state index >= 15 is 0 Å². The zero-order valence-corrected chi connectivity index (χ0v) is 18.9. The molecule has 31 heavy (non-hydrogen) atoms. The zero-order valence-electron chi connectivity index (χ0n) is 18.0. The molecular formula is C25H27N5S. The average Bonchev–Trinajstić information content (AvgIpc) is 3.44. The summed E-state index contributed by atoms with van der Waals surface area (Å²) >= 11 is 1.90. The maximum atomic E-state index is 7.58. The molecule has 3 aromatic rings. The number of nitrogens with zero attached hydrogens (tertiary/aromatic N) is 1. The summed E-state index contributed by atoms with van der Waals surface area (Å²) in [5.41, 5.74) is 16.6. The number of hydrogen-bond donors (Lipinski definition) is 4. The molecule has 2 aliphatic rings. The van der Waals surface area contributed by atoms with Gasteiger partial charge in [-0.1, -0.05) is 36.4 Å². The summed E-state index contributed by atoms with van der Waals surface area (Å²) in [6.07, 6.45) is 2.36. The van der Waals surface area contributed by atoms with E-state index in [0.717, 1.165) is 24.2 Å². The minimum Gasteiger partial charge on any atom is -0.388 e. The van der Waals surface area contributed by atoms with Crippen molar-refractivity contribution >= 4 is 28.9 Å². The monoisotopic (exact) mass is 429 g/mol. The predicted molar refractivity (Wildman–Crippen MR) is 131 cm³/mol. The molecule has 0 saturated heterocycles. The van der Waals surface area contributed by atoms with Gasteiger partial charge >= 0.3 is 0 Å². The molecule has 5 rings (SSSR count). The smallest absolute Gasteiger partial charge is 0.0747 e. The van der Waals surface area contributed by atoms with Crippen LogP contribution in [0.5, 0.6) is 0 Å². The average molecular weight is 430 g/mol. The second-order valence-corrected chi connectivity index (χ2v) is 9.54. The van der Waals surface area contributed by atoms with Gasteiger partial charge in [0.25, 0.3) is 0 Å². The van der Waals surface area contributed by atoms with Crippen LogP contribution in [-0.2, 0) is 13.0 Å². The highest BCUT2D eigenvalue weighted by molar-refractivity contribution is 7.15. The number of nitrogens with one attached hydrogen (secondary N) is 4. The van der Waals surface area contributed by atoms with E-state index in [-0.39, 0.29) is 6.04 Å². The lowest BCUT2D eigenvalue weighted by Gasteiger charge is -2.16. The molecule has 0 fully saturated rings. The molecule has 2 heterocycles. The SMILES string of the molecule is CNc1cc(C2NNC3=C2Cc2sc(-c4ccc(CN(C)C)cc4)cc23)ccc1C=N. The molecule has 0 spiro atoms. The van der Waals surface area contributed by atoms with Crippen LogP contribution in [0.2, 0.25) is 0 Å². The first-order chi connectivity index (χ1) is 15.1. The lowest BCUT2D eigenvalue weighted by atomic mass is 9.97. The molecule has 0 radical (unpaired) electrons. The minimum atomic E-state index is 0.148. The molecule has 6 heteroatoms. The van der Waals surface area contributed by atoms with Crippen molar-refractivity contribution in [2.24, 2.45) is 0 Å². The number of thiophene rings is 1. The van der Waals surface area contributed by atoms with Gasteiger partial charge in [0.1, 0.15) is 0 Å². The summed E-state index contributed by atoms with van der Waals surface area (Å²) < 4.78 is 0. The number of hydrogen-bond acceptors (Lipinski definition) is 6. The molecule has 0 saturated carbocycles. The third-order valence-electron chi connectivity index (χ3n) is 6.01. The van der Waals surface area contributed by atoms with Crippen LogP contribution < -0.4 is 16.2 Å². The van der Waals surface area contributed by atoms with Crippen LogP contribution in [0.15, 0.2) is 54.1 Å². The first-order valence-corrected chi connectivity index (χ1v) is 11.3. The number of fused-ring (bicyclic) bond motifs is 2. The first-order valence-electron chi connectivity index (χ1n) is 10.5. The van der Waals surface area contributed by atoms with Gasteiger partial charge in [-0.2, -0.15) is 0 Å². The quantitative estimate of drug-likeness (QED) is 0.432. The Labute approximate surface area is 187 Å². The molecule has 2 aromatic carbocycles. The molecule has 0 amide bonds. The number of anilines is 1. The fourth-order valence-corrected chi connectivity index (χ4v) is 5.69. The largest absolute Gasteiger partial charge is 0.388 e. The zero-order chi connectivity index (χ0) is 21.5. The summed E-state index contributed by atoms with van der Waals surface area (Å²) in [5, 5.41) is 10.8. The fourth-order valence-electron chi connectivity index (χ4n) is 4.49. The van der Waals surface area contributed by atoms with E-state index in [1.165, 1.54) is 49.5 Å². The Morgan fingerprint density at radius 2 is 1.97 bits per heavy atom. The van der Waals surface area contributed by atoms with Crippen molar-refractivity contribution in [3.8, 4) is 10.4 Å². The summed E-state index contributed by atoms with van der Waals surface area (Å²) in [6.45, 7) is 0.963. The van der Waals surface area contributed by atoms with Crippen LogP contribution >= 0.6 is 11.3 Å².